The summed E-state index contributed by atoms with van der Waals surface area (Å²) in [5.41, 5.74) is 6.32. The first-order chi connectivity index (χ1) is 8.99. The molecule has 1 fully saturated rings. The van der Waals surface area contributed by atoms with Gasteiger partial charge in [0.05, 0.1) is 12.8 Å². The summed E-state index contributed by atoms with van der Waals surface area (Å²) in [6, 6.07) is 0.332. The second kappa shape index (κ2) is 5.08. The van der Waals surface area contributed by atoms with E-state index in [4.69, 9.17) is 10.5 Å². The van der Waals surface area contributed by atoms with E-state index in [0.717, 1.165) is 6.42 Å². The van der Waals surface area contributed by atoms with Crippen molar-refractivity contribution in [2.45, 2.75) is 19.4 Å². The van der Waals surface area contributed by atoms with E-state index in [1.807, 2.05) is 0 Å². The van der Waals surface area contributed by atoms with E-state index in [9.17, 15) is 9.59 Å². The smallest absolute Gasteiger partial charge is 0.343 e. The maximum Gasteiger partial charge on any atom is 0.343 e. The van der Waals surface area contributed by atoms with Crippen LogP contribution in [0.15, 0.2) is 0 Å². The molecule has 0 aromatic carbocycles. The molecule has 6 nitrogen and oxygen atoms in total. The third kappa shape index (κ3) is 2.51. The monoisotopic (exact) mass is 283 g/mol. The quantitative estimate of drug-likeness (QED) is 0.724. The SMILES string of the molecule is CNC(=O)c1sc(NC2CC2C)c(C(=O)OC)c1N. The van der Waals surface area contributed by atoms with Crippen molar-refractivity contribution < 1.29 is 14.3 Å². The molecule has 2 unspecified atom stereocenters. The lowest BCUT2D eigenvalue weighted by atomic mass is 10.2. The van der Waals surface area contributed by atoms with Crippen LogP contribution in [0.25, 0.3) is 0 Å². The zero-order chi connectivity index (χ0) is 14.2. The summed E-state index contributed by atoms with van der Waals surface area (Å²) >= 11 is 1.18. The third-order valence-electron chi connectivity index (χ3n) is 3.19. The van der Waals surface area contributed by atoms with Crippen LogP contribution in [0.1, 0.15) is 33.4 Å². The van der Waals surface area contributed by atoms with Gasteiger partial charge < -0.3 is 21.1 Å². The summed E-state index contributed by atoms with van der Waals surface area (Å²) in [6.45, 7) is 2.12. The van der Waals surface area contributed by atoms with Crippen LogP contribution in [0.3, 0.4) is 0 Å². The van der Waals surface area contributed by atoms with Crippen LogP contribution in [-0.4, -0.2) is 32.1 Å². The molecule has 0 radical (unpaired) electrons. The average Bonchev–Trinajstić information content (AvgIpc) is 2.98. The van der Waals surface area contributed by atoms with Gasteiger partial charge in [-0.15, -0.1) is 11.3 Å². The highest BCUT2D eigenvalue weighted by Crippen LogP contribution is 2.41. The fourth-order valence-corrected chi connectivity index (χ4v) is 2.94. The predicted octanol–water partition coefficient (Wildman–Crippen LogP) is 1.30. The molecule has 0 aliphatic heterocycles. The number of anilines is 2. The second-order valence-electron chi connectivity index (χ2n) is 4.58. The number of methoxy groups -OCH3 is 1. The molecular formula is C12H17N3O3S. The number of nitrogens with two attached hydrogens (primary N) is 1. The number of nitrogen functional groups attached to an aromatic ring is 1. The maximum atomic E-state index is 11.8. The highest BCUT2D eigenvalue weighted by Gasteiger charge is 2.35. The molecule has 1 aromatic rings. The van der Waals surface area contributed by atoms with Crippen molar-refractivity contribution in [1.82, 2.24) is 5.32 Å². The van der Waals surface area contributed by atoms with Crippen molar-refractivity contribution in [3.05, 3.63) is 10.4 Å². The topological polar surface area (TPSA) is 93.5 Å². The average molecular weight is 283 g/mol. The number of hydrogen-bond donors (Lipinski definition) is 3. The molecule has 0 spiro atoms. The molecule has 1 heterocycles. The standard InChI is InChI=1S/C12H17N3O3S/c1-5-4-6(5)15-11-7(12(17)18-3)8(13)9(19-11)10(16)14-2/h5-6,15H,4,13H2,1-3H3,(H,14,16). The van der Waals surface area contributed by atoms with Crippen molar-refractivity contribution in [1.29, 1.82) is 0 Å². The zero-order valence-corrected chi connectivity index (χ0v) is 11.9. The van der Waals surface area contributed by atoms with Crippen LogP contribution in [0.5, 0.6) is 0 Å². The molecule has 2 atom stereocenters. The van der Waals surface area contributed by atoms with E-state index >= 15 is 0 Å². The van der Waals surface area contributed by atoms with Gasteiger partial charge >= 0.3 is 5.97 Å². The van der Waals surface area contributed by atoms with E-state index in [2.05, 4.69) is 17.6 Å². The molecule has 7 heteroatoms. The fraction of sp³-hybridized carbons (Fsp3) is 0.500. The molecule has 4 N–H and O–H groups in total. The molecule has 104 valence electrons. The number of carbonyl (C=O) groups is 2. The van der Waals surface area contributed by atoms with Crippen molar-refractivity contribution in [2.24, 2.45) is 5.92 Å². The molecule has 19 heavy (non-hydrogen) atoms. The molecular weight excluding hydrogens is 266 g/mol. The van der Waals surface area contributed by atoms with Gasteiger partial charge in [0, 0.05) is 13.1 Å². The summed E-state index contributed by atoms with van der Waals surface area (Å²) < 4.78 is 4.73. The summed E-state index contributed by atoms with van der Waals surface area (Å²) in [5.74, 6) is -0.262. The van der Waals surface area contributed by atoms with E-state index in [1.165, 1.54) is 25.5 Å². The molecule has 0 saturated heterocycles. The number of rotatable bonds is 4. The van der Waals surface area contributed by atoms with Crippen LogP contribution in [0.2, 0.25) is 0 Å². The third-order valence-corrected chi connectivity index (χ3v) is 4.33. The molecule has 1 aliphatic carbocycles. The largest absolute Gasteiger partial charge is 0.465 e. The first-order valence-electron chi connectivity index (χ1n) is 5.98. The van der Waals surface area contributed by atoms with E-state index in [-0.39, 0.29) is 17.2 Å². The lowest BCUT2D eigenvalue weighted by molar-refractivity contribution is 0.0603. The van der Waals surface area contributed by atoms with Crippen LogP contribution >= 0.6 is 11.3 Å². The Morgan fingerprint density at radius 2 is 2.11 bits per heavy atom. The Morgan fingerprint density at radius 1 is 1.47 bits per heavy atom. The van der Waals surface area contributed by atoms with Gasteiger partial charge in [-0.1, -0.05) is 6.92 Å². The number of thiophene rings is 1. The number of nitrogens with one attached hydrogen (secondary N) is 2. The van der Waals surface area contributed by atoms with Gasteiger partial charge in [-0.2, -0.15) is 0 Å². The van der Waals surface area contributed by atoms with Gasteiger partial charge in [0.25, 0.3) is 5.91 Å². The first-order valence-corrected chi connectivity index (χ1v) is 6.80. The molecule has 1 amide bonds. The van der Waals surface area contributed by atoms with E-state index in [1.54, 1.807) is 0 Å². The Morgan fingerprint density at radius 3 is 2.58 bits per heavy atom. The summed E-state index contributed by atoms with van der Waals surface area (Å²) in [4.78, 5) is 23.8. The summed E-state index contributed by atoms with van der Waals surface area (Å²) in [5, 5.41) is 6.36. The highest BCUT2D eigenvalue weighted by molar-refractivity contribution is 7.19. The van der Waals surface area contributed by atoms with Gasteiger partial charge in [0.15, 0.2) is 0 Å². The Balaban J connectivity index is 2.38. The van der Waals surface area contributed by atoms with Crippen LogP contribution < -0.4 is 16.4 Å². The fourth-order valence-electron chi connectivity index (χ4n) is 1.82. The van der Waals surface area contributed by atoms with Crippen LogP contribution in [-0.2, 0) is 4.74 Å². The Hall–Kier alpha value is -1.76. The number of hydrogen-bond acceptors (Lipinski definition) is 6. The molecule has 1 aliphatic rings. The van der Waals surface area contributed by atoms with Gasteiger partial charge in [-0.05, 0) is 12.3 Å². The first kappa shape index (κ1) is 13.7. The van der Waals surface area contributed by atoms with Crippen molar-refractivity contribution >= 4 is 33.9 Å². The van der Waals surface area contributed by atoms with Crippen LogP contribution in [0, 0.1) is 5.92 Å². The van der Waals surface area contributed by atoms with Crippen molar-refractivity contribution in [2.75, 3.05) is 25.2 Å². The zero-order valence-electron chi connectivity index (χ0n) is 11.1. The summed E-state index contributed by atoms with van der Waals surface area (Å²) in [7, 11) is 2.82. The lowest BCUT2D eigenvalue weighted by Gasteiger charge is -2.05. The molecule has 0 bridgehead atoms. The normalized spacial score (nSPS) is 20.8. The van der Waals surface area contributed by atoms with Gasteiger partial charge in [0.1, 0.15) is 15.4 Å². The minimum atomic E-state index is -0.528. The lowest BCUT2D eigenvalue weighted by Crippen LogP contribution is -2.18. The van der Waals surface area contributed by atoms with Gasteiger partial charge in [-0.25, -0.2) is 4.79 Å². The Kier molecular flexibility index (Phi) is 3.66. The number of carbonyl (C=O) groups excluding carboxylic acids is 2. The van der Waals surface area contributed by atoms with E-state index in [0.29, 0.717) is 21.8 Å². The second-order valence-corrected chi connectivity index (χ2v) is 5.60. The highest BCUT2D eigenvalue weighted by atomic mass is 32.1. The number of esters is 1. The maximum absolute atomic E-state index is 11.8. The molecule has 1 aromatic heterocycles. The van der Waals surface area contributed by atoms with Gasteiger partial charge in [0.2, 0.25) is 0 Å². The van der Waals surface area contributed by atoms with E-state index < -0.39 is 5.97 Å². The van der Waals surface area contributed by atoms with Crippen molar-refractivity contribution in [3.63, 3.8) is 0 Å². The molecule has 2 rings (SSSR count). The number of ether oxygens (including phenoxy) is 1. The minimum absolute atomic E-state index is 0.173. The van der Waals surface area contributed by atoms with Crippen molar-refractivity contribution in [3.8, 4) is 0 Å². The minimum Gasteiger partial charge on any atom is -0.465 e. The van der Waals surface area contributed by atoms with Crippen LogP contribution in [0.4, 0.5) is 10.7 Å². The predicted molar refractivity (Wildman–Crippen MR) is 74.7 cm³/mol. The Labute approximate surface area is 115 Å². The van der Waals surface area contributed by atoms with Gasteiger partial charge in [-0.3, -0.25) is 4.79 Å². The Bertz CT molecular complexity index is 527. The molecule has 1 saturated carbocycles. The summed E-state index contributed by atoms with van der Waals surface area (Å²) in [6.07, 6.45) is 1.05. The number of amides is 1.